The molecule has 9 nitrogen and oxygen atoms in total. The summed E-state index contributed by atoms with van der Waals surface area (Å²) in [6.07, 6.45) is 4.68. The molecule has 41 heavy (non-hydrogen) atoms. The molecule has 1 saturated carbocycles. The Bertz CT molecular complexity index is 1380. The smallest absolute Gasteiger partial charge is 0.225 e. The van der Waals surface area contributed by atoms with Crippen molar-refractivity contribution in [1.82, 2.24) is 15.4 Å². The van der Waals surface area contributed by atoms with E-state index < -0.39 is 0 Å². The lowest BCUT2D eigenvalue weighted by molar-refractivity contribution is 0.157. The van der Waals surface area contributed by atoms with Crippen molar-refractivity contribution >= 4 is 51.7 Å². The molecule has 1 aliphatic carbocycles. The molecular weight excluding hydrogens is 536 g/mol. The zero-order valence-corrected chi connectivity index (χ0v) is 23.9. The summed E-state index contributed by atoms with van der Waals surface area (Å²) in [5.74, 6) is 3.45. The van der Waals surface area contributed by atoms with E-state index in [2.05, 4.69) is 83.0 Å². The Morgan fingerprint density at radius 3 is 2.24 bits per heavy atom. The number of rotatable bonds is 11. The van der Waals surface area contributed by atoms with Gasteiger partial charge in [0.25, 0.3) is 0 Å². The molecule has 0 radical (unpaired) electrons. The maximum absolute atomic E-state index is 9.21. The highest BCUT2D eigenvalue weighted by Crippen LogP contribution is 2.32. The minimum absolute atomic E-state index is 0. The fourth-order valence-corrected chi connectivity index (χ4v) is 5.32. The summed E-state index contributed by atoms with van der Waals surface area (Å²) in [5.41, 5.74) is 5.33. The number of aliphatic hydroxyl groups is 1. The first-order valence-corrected chi connectivity index (χ1v) is 14.1. The number of nitrogens with one attached hydrogen (secondary N) is 3. The van der Waals surface area contributed by atoms with Crippen LogP contribution in [0.2, 0.25) is 0 Å². The molecule has 1 aliphatic rings. The van der Waals surface area contributed by atoms with Gasteiger partial charge in [-0.15, -0.1) is 0 Å². The van der Waals surface area contributed by atoms with Gasteiger partial charge in [-0.2, -0.15) is 14.7 Å². The molecule has 0 atom stereocenters. The molecule has 0 aliphatic heterocycles. The Labute approximate surface area is 248 Å². The summed E-state index contributed by atoms with van der Waals surface area (Å²) in [5, 5.41) is 19.2. The number of anilines is 3. The molecule has 3 aromatic carbocycles. The van der Waals surface area contributed by atoms with Crippen LogP contribution in [0.15, 0.2) is 60.7 Å². The van der Waals surface area contributed by atoms with Crippen LogP contribution in [-0.4, -0.2) is 59.6 Å². The summed E-state index contributed by atoms with van der Waals surface area (Å²) >= 11 is 2.83. The summed E-state index contributed by atoms with van der Waals surface area (Å²) in [6.45, 7) is 2.22. The van der Waals surface area contributed by atoms with E-state index in [1.54, 1.807) is 0 Å². The molecule has 1 aromatic heterocycles. The number of nitrogens with zero attached hydrogens (tertiary/aromatic N) is 3. The van der Waals surface area contributed by atoms with Crippen LogP contribution >= 0.6 is 0 Å². The van der Waals surface area contributed by atoms with Gasteiger partial charge in [-0.25, -0.2) is 4.98 Å². The first kappa shape index (κ1) is 31.9. The maximum Gasteiger partial charge on any atom is 0.225 e. The summed E-state index contributed by atoms with van der Waals surface area (Å²) in [7, 11) is 4.13. The van der Waals surface area contributed by atoms with E-state index in [9.17, 15) is 5.11 Å². The molecule has 0 amide bonds. The Balaban J connectivity index is 0.00000151. The van der Waals surface area contributed by atoms with Gasteiger partial charge >= 0.3 is 0 Å². The van der Waals surface area contributed by atoms with Gasteiger partial charge in [0.15, 0.2) is 18.3 Å². The van der Waals surface area contributed by atoms with Gasteiger partial charge in [0.2, 0.25) is 5.95 Å². The van der Waals surface area contributed by atoms with Crippen molar-refractivity contribution in [3.63, 3.8) is 0 Å². The number of hydrogen-bond acceptors (Lipinski definition) is 10. The standard InChI is InChI=1S/C30H38N6O2.CH4.OS/c1-36(2)27-11-5-9-24-23(27)8-6-12-28(24)38-33-20-22-15-13-21(14-16-22)19-32-30-34-26-10-4-3-7-25(26)29(35-30)31-17-18-37;;1-2/h3-12,21-22,33,37H,13-20H2,1-2H3,(H2,31,32,34,35);1H4;. The second-order valence-corrected chi connectivity index (χ2v) is 10.3. The summed E-state index contributed by atoms with van der Waals surface area (Å²) in [4.78, 5) is 17.5. The quantitative estimate of drug-likeness (QED) is 0.174. The minimum atomic E-state index is 0. The van der Waals surface area contributed by atoms with Crippen molar-refractivity contribution < 1.29 is 14.2 Å². The SMILES string of the molecule is C.CN(C)c1cccc2c(ONCC3CCC(CNc4nc(NCCO)c5ccccc5n4)CC3)cccc12.O=S. The minimum Gasteiger partial charge on any atom is -0.408 e. The predicted octanol–water partition coefficient (Wildman–Crippen LogP) is 5.35. The van der Waals surface area contributed by atoms with Gasteiger partial charge in [-0.3, -0.25) is 0 Å². The van der Waals surface area contributed by atoms with Crippen LogP contribution in [0.4, 0.5) is 17.5 Å². The first-order chi connectivity index (χ1) is 19.6. The molecule has 0 bridgehead atoms. The zero-order chi connectivity index (χ0) is 28.3. The normalized spacial score (nSPS) is 16.3. The number of fused-ring (bicyclic) bond motifs is 2. The third-order valence-corrected chi connectivity index (χ3v) is 7.42. The molecule has 1 heterocycles. The van der Waals surface area contributed by atoms with E-state index in [0.29, 0.717) is 24.3 Å². The van der Waals surface area contributed by atoms with Gasteiger partial charge in [-0.05, 0) is 61.8 Å². The first-order valence-electron chi connectivity index (χ1n) is 13.7. The molecule has 1 fully saturated rings. The lowest BCUT2D eigenvalue weighted by Crippen LogP contribution is -2.30. The number of para-hydroxylation sites is 1. The Morgan fingerprint density at radius 2 is 1.51 bits per heavy atom. The fourth-order valence-electron chi connectivity index (χ4n) is 5.32. The maximum atomic E-state index is 9.21. The Hall–Kier alpha value is -3.60. The van der Waals surface area contributed by atoms with Crippen LogP contribution < -0.4 is 25.9 Å². The second kappa shape index (κ2) is 16.0. The molecule has 4 N–H and O–H groups in total. The molecular formula is C31H42N6O3S. The van der Waals surface area contributed by atoms with Crippen LogP contribution in [0, 0.1) is 11.8 Å². The Kier molecular flexibility index (Phi) is 12.5. The molecule has 0 saturated heterocycles. The van der Waals surface area contributed by atoms with Crippen LogP contribution in [-0.2, 0) is 12.5 Å². The van der Waals surface area contributed by atoms with E-state index in [1.807, 2.05) is 30.3 Å². The largest absolute Gasteiger partial charge is 0.408 e. The van der Waals surface area contributed by atoms with Gasteiger partial charge in [0.05, 0.1) is 12.1 Å². The fraction of sp³-hybridized carbons (Fsp3) is 0.419. The molecule has 5 rings (SSSR count). The number of hydrogen-bond donors (Lipinski definition) is 4. The summed E-state index contributed by atoms with van der Waals surface area (Å²) < 4.78 is 7.83. The van der Waals surface area contributed by atoms with Crippen molar-refractivity contribution in [1.29, 1.82) is 0 Å². The monoisotopic (exact) mass is 578 g/mol. The van der Waals surface area contributed by atoms with Crippen LogP contribution in [0.1, 0.15) is 33.1 Å². The van der Waals surface area contributed by atoms with Gasteiger partial charge in [0, 0.05) is 55.6 Å². The van der Waals surface area contributed by atoms with Gasteiger partial charge in [-0.1, -0.05) is 43.8 Å². The number of benzene rings is 3. The highest BCUT2D eigenvalue weighted by molar-refractivity contribution is 7.44. The molecule has 0 spiro atoms. The Morgan fingerprint density at radius 1 is 0.854 bits per heavy atom. The van der Waals surface area contributed by atoms with Crippen molar-refractivity contribution in [2.24, 2.45) is 11.8 Å². The van der Waals surface area contributed by atoms with E-state index >= 15 is 0 Å². The van der Waals surface area contributed by atoms with E-state index in [4.69, 9.17) is 14.0 Å². The topological polar surface area (TPSA) is 112 Å². The molecule has 0 unspecified atom stereocenters. The second-order valence-electron chi connectivity index (χ2n) is 10.3. The zero-order valence-electron chi connectivity index (χ0n) is 23.1. The van der Waals surface area contributed by atoms with Gasteiger partial charge < -0.3 is 25.5 Å². The van der Waals surface area contributed by atoms with Crippen LogP contribution in [0.5, 0.6) is 5.75 Å². The van der Waals surface area contributed by atoms with Gasteiger partial charge in [0.1, 0.15) is 5.82 Å². The van der Waals surface area contributed by atoms with Crippen LogP contribution in [0.3, 0.4) is 0 Å². The molecule has 10 heteroatoms. The molecule has 4 aromatic rings. The third kappa shape index (κ3) is 8.22. The van der Waals surface area contributed by atoms with Crippen molar-refractivity contribution in [3.05, 3.63) is 60.7 Å². The van der Waals surface area contributed by atoms with E-state index in [-0.39, 0.29) is 14.0 Å². The highest BCUT2D eigenvalue weighted by Gasteiger charge is 2.22. The predicted molar refractivity (Wildman–Crippen MR) is 171 cm³/mol. The van der Waals surface area contributed by atoms with E-state index in [1.165, 1.54) is 36.8 Å². The average Bonchev–Trinajstić information content (AvgIpc) is 3.00. The van der Waals surface area contributed by atoms with Crippen LogP contribution in [0.25, 0.3) is 21.7 Å². The van der Waals surface area contributed by atoms with Crippen molar-refractivity contribution in [3.8, 4) is 5.75 Å². The number of hydroxylamine groups is 1. The van der Waals surface area contributed by atoms with E-state index in [0.717, 1.165) is 40.9 Å². The lowest BCUT2D eigenvalue weighted by atomic mass is 9.82. The summed E-state index contributed by atoms with van der Waals surface area (Å²) in [6, 6.07) is 20.5. The number of aliphatic hydroxyl groups excluding tert-OH is 1. The number of aromatic nitrogens is 2. The van der Waals surface area contributed by atoms with Crippen molar-refractivity contribution in [2.75, 3.05) is 55.9 Å². The highest BCUT2D eigenvalue weighted by atomic mass is 32.1. The van der Waals surface area contributed by atoms with Crippen molar-refractivity contribution in [2.45, 2.75) is 33.1 Å². The lowest BCUT2D eigenvalue weighted by Gasteiger charge is -2.28. The third-order valence-electron chi connectivity index (χ3n) is 7.42. The average molecular weight is 579 g/mol. The molecule has 220 valence electrons.